The van der Waals surface area contributed by atoms with Gasteiger partial charge in [0.05, 0.1) is 17.8 Å². The van der Waals surface area contributed by atoms with Crippen LogP contribution in [-0.4, -0.2) is 60.6 Å². The number of aliphatic imine (C=N–C) groups is 1. The minimum Gasteiger partial charge on any atom is -0.340 e. The first-order chi connectivity index (χ1) is 19.2. The number of anilines is 2. The fourth-order valence-corrected chi connectivity index (χ4v) is 4.75. The molecule has 0 fully saturated rings. The Morgan fingerprint density at radius 3 is 2.35 bits per heavy atom. The van der Waals surface area contributed by atoms with Gasteiger partial charge < -0.3 is 15.1 Å². The highest BCUT2D eigenvalue weighted by atomic mass is 35.5. The van der Waals surface area contributed by atoms with Crippen LogP contribution in [0.2, 0.25) is 5.02 Å². The number of rotatable bonds is 7. The third-order valence-electron chi connectivity index (χ3n) is 6.75. The van der Waals surface area contributed by atoms with Crippen LogP contribution in [0.25, 0.3) is 11.1 Å². The van der Waals surface area contributed by atoms with Crippen LogP contribution in [0.1, 0.15) is 27.0 Å². The number of hydrogen-bond donors (Lipinski definition) is 1. The summed E-state index contributed by atoms with van der Waals surface area (Å²) in [7, 11) is 5.73. The van der Waals surface area contributed by atoms with Crippen molar-refractivity contribution >= 4 is 34.7 Å². The Bertz CT molecular complexity index is 1580. The zero-order chi connectivity index (χ0) is 28.4. The second-order valence-corrected chi connectivity index (χ2v) is 10.3. The number of amides is 1. The third-order valence-corrected chi connectivity index (χ3v) is 6.99. The summed E-state index contributed by atoms with van der Waals surface area (Å²) in [6.45, 7) is 1.60. The Labute approximate surface area is 236 Å². The van der Waals surface area contributed by atoms with E-state index in [1.54, 1.807) is 42.4 Å². The van der Waals surface area contributed by atoms with E-state index >= 15 is 0 Å². The Morgan fingerprint density at radius 2 is 1.65 bits per heavy atom. The van der Waals surface area contributed by atoms with Crippen LogP contribution in [0.5, 0.6) is 0 Å². The molecule has 9 heteroatoms. The predicted molar refractivity (Wildman–Crippen MR) is 156 cm³/mol. The smallest absolute Gasteiger partial charge is 0.253 e. The molecular formula is C31H28ClF2N5O. The summed E-state index contributed by atoms with van der Waals surface area (Å²) in [5.41, 5.74) is 4.28. The number of carbonyl (C=O) groups excluding carboxylic acids is 1. The summed E-state index contributed by atoms with van der Waals surface area (Å²) in [6.07, 6.45) is 1.71. The molecule has 6 nitrogen and oxygen atoms in total. The monoisotopic (exact) mass is 559 g/mol. The van der Waals surface area contributed by atoms with Crippen LogP contribution in [-0.2, 0) is 6.54 Å². The molecule has 0 atom stereocenters. The maximum Gasteiger partial charge on any atom is 0.253 e. The number of pyridine rings is 1. The van der Waals surface area contributed by atoms with E-state index in [9.17, 15) is 13.6 Å². The number of nitrogens with one attached hydrogen (secondary N) is 1. The number of hydrogen-bond acceptors (Lipinski definition) is 5. The van der Waals surface area contributed by atoms with Crippen LogP contribution in [0, 0.1) is 11.6 Å². The molecule has 1 aliphatic heterocycles. The lowest BCUT2D eigenvalue weighted by Crippen LogP contribution is -2.33. The SMILES string of the molecule is CN(C)CCN(C)C(=O)c1ccc(Nc2cc3c(cn2)CN=C(c2c(F)cccc2F)c2cc(Cl)ccc2-3)cc1. The standard InChI is InChI=1S/C31H28ClF2N5O/c1-38(2)13-14-39(3)31(40)19-7-10-22(11-8-19)37-28-16-24-20(17-35-28)18-36-30(25-15-21(32)9-12-23(24)25)29-26(33)5-4-6-27(29)34/h4-12,15-17H,13-14,18H2,1-3H3,(H,35,37). The largest absolute Gasteiger partial charge is 0.340 e. The van der Waals surface area contributed by atoms with Gasteiger partial charge in [-0.3, -0.25) is 9.79 Å². The highest BCUT2D eigenvalue weighted by molar-refractivity contribution is 6.31. The van der Waals surface area contributed by atoms with Crippen LogP contribution < -0.4 is 5.32 Å². The summed E-state index contributed by atoms with van der Waals surface area (Å²) >= 11 is 6.32. The highest BCUT2D eigenvalue weighted by Crippen LogP contribution is 2.36. The number of nitrogens with zero attached hydrogens (tertiary/aromatic N) is 4. The van der Waals surface area contributed by atoms with Gasteiger partial charge in [-0.25, -0.2) is 13.8 Å². The number of halogens is 3. The van der Waals surface area contributed by atoms with Crippen molar-refractivity contribution in [3.05, 3.63) is 112 Å². The third kappa shape index (κ3) is 5.73. The minimum absolute atomic E-state index is 0.0473. The van der Waals surface area contributed by atoms with Crippen molar-refractivity contribution in [2.45, 2.75) is 6.54 Å². The average molecular weight is 560 g/mol. The number of fused-ring (bicyclic) bond motifs is 3. The molecule has 1 aromatic heterocycles. The van der Waals surface area contributed by atoms with Crippen molar-refractivity contribution in [1.29, 1.82) is 0 Å². The fraction of sp³-hybridized carbons (Fsp3) is 0.194. The zero-order valence-corrected chi connectivity index (χ0v) is 23.1. The molecule has 4 aromatic rings. The summed E-state index contributed by atoms with van der Waals surface area (Å²) < 4.78 is 29.6. The molecule has 0 aliphatic carbocycles. The van der Waals surface area contributed by atoms with Gasteiger partial charge in [0.1, 0.15) is 17.5 Å². The lowest BCUT2D eigenvalue weighted by atomic mass is 9.92. The number of carbonyl (C=O) groups is 1. The topological polar surface area (TPSA) is 60.8 Å². The Hall–Kier alpha value is -4.14. The molecule has 2 heterocycles. The summed E-state index contributed by atoms with van der Waals surface area (Å²) in [5, 5.41) is 3.72. The lowest BCUT2D eigenvalue weighted by molar-refractivity contribution is 0.0786. The molecule has 3 aromatic carbocycles. The average Bonchev–Trinajstić information content (AvgIpc) is 3.08. The molecule has 0 spiro atoms. The van der Waals surface area contributed by atoms with E-state index in [2.05, 4.69) is 15.3 Å². The van der Waals surface area contributed by atoms with Crippen LogP contribution in [0.4, 0.5) is 20.3 Å². The quantitative estimate of drug-likeness (QED) is 0.284. The van der Waals surface area contributed by atoms with Gasteiger partial charge in [-0.1, -0.05) is 23.7 Å². The number of likely N-dealkylation sites (N-methyl/N-ethyl adjacent to an activating group) is 2. The van der Waals surface area contributed by atoms with Gasteiger partial charge in [0.25, 0.3) is 5.91 Å². The molecular weight excluding hydrogens is 532 g/mol. The molecule has 40 heavy (non-hydrogen) atoms. The maximum absolute atomic E-state index is 14.8. The van der Waals surface area contributed by atoms with Crippen molar-refractivity contribution in [1.82, 2.24) is 14.8 Å². The van der Waals surface area contributed by atoms with Gasteiger partial charge >= 0.3 is 0 Å². The van der Waals surface area contributed by atoms with E-state index in [4.69, 9.17) is 11.6 Å². The van der Waals surface area contributed by atoms with Crippen LogP contribution in [0.3, 0.4) is 0 Å². The number of benzene rings is 3. The van der Waals surface area contributed by atoms with Crippen molar-refractivity contribution in [3.8, 4) is 11.1 Å². The molecule has 1 N–H and O–H groups in total. The Kier molecular flexibility index (Phi) is 7.91. The molecule has 204 valence electrons. The van der Waals surface area contributed by atoms with E-state index in [0.717, 1.165) is 28.9 Å². The second kappa shape index (κ2) is 11.5. The summed E-state index contributed by atoms with van der Waals surface area (Å²) in [5.74, 6) is -0.861. The molecule has 0 unspecified atom stereocenters. The number of aromatic nitrogens is 1. The molecule has 0 bridgehead atoms. The van der Waals surface area contributed by atoms with Gasteiger partial charge in [0.15, 0.2) is 0 Å². The first kappa shape index (κ1) is 27.4. The predicted octanol–water partition coefficient (Wildman–Crippen LogP) is 6.41. The van der Waals surface area contributed by atoms with Gasteiger partial charge in [-0.05, 0) is 85.4 Å². The lowest BCUT2D eigenvalue weighted by Gasteiger charge is -2.20. The molecule has 1 amide bonds. The van der Waals surface area contributed by atoms with Crippen molar-refractivity contribution < 1.29 is 13.6 Å². The van der Waals surface area contributed by atoms with Crippen LogP contribution >= 0.6 is 11.6 Å². The van der Waals surface area contributed by atoms with Crippen molar-refractivity contribution in [2.75, 3.05) is 39.5 Å². The second-order valence-electron chi connectivity index (χ2n) is 9.91. The summed E-state index contributed by atoms with van der Waals surface area (Å²) in [6, 6.07) is 18.1. The Balaban J connectivity index is 1.43. The van der Waals surface area contributed by atoms with E-state index in [-0.39, 0.29) is 23.7 Å². The van der Waals surface area contributed by atoms with E-state index in [0.29, 0.717) is 28.5 Å². The highest BCUT2D eigenvalue weighted by Gasteiger charge is 2.24. The van der Waals surface area contributed by atoms with Gasteiger partial charge in [0, 0.05) is 48.2 Å². The van der Waals surface area contributed by atoms with Crippen LogP contribution in [0.15, 0.2) is 77.9 Å². The maximum atomic E-state index is 14.8. The van der Waals surface area contributed by atoms with Gasteiger partial charge in [0.2, 0.25) is 0 Å². The van der Waals surface area contributed by atoms with Crippen molar-refractivity contribution in [2.24, 2.45) is 4.99 Å². The zero-order valence-electron chi connectivity index (χ0n) is 22.4. The van der Waals surface area contributed by atoms with E-state index < -0.39 is 11.6 Å². The van der Waals surface area contributed by atoms with Crippen molar-refractivity contribution in [3.63, 3.8) is 0 Å². The molecule has 0 saturated heterocycles. The molecule has 5 rings (SSSR count). The summed E-state index contributed by atoms with van der Waals surface area (Å²) in [4.78, 5) is 25.6. The first-order valence-electron chi connectivity index (χ1n) is 12.8. The normalized spacial score (nSPS) is 12.3. The van der Waals surface area contributed by atoms with E-state index in [1.165, 1.54) is 18.2 Å². The van der Waals surface area contributed by atoms with E-state index in [1.807, 2.05) is 43.3 Å². The van der Waals surface area contributed by atoms with Gasteiger partial charge in [-0.2, -0.15) is 0 Å². The Morgan fingerprint density at radius 1 is 0.925 bits per heavy atom. The molecule has 1 aliphatic rings. The first-order valence-corrected chi connectivity index (χ1v) is 13.1. The minimum atomic E-state index is -0.693. The fourth-order valence-electron chi connectivity index (χ4n) is 4.58. The molecule has 0 saturated carbocycles. The van der Waals surface area contributed by atoms with Gasteiger partial charge in [-0.15, -0.1) is 0 Å². The molecule has 0 radical (unpaired) electrons.